The monoisotopic (exact) mass is 202 g/mol. The largest absolute Gasteiger partial charge is 0.351 e. The highest BCUT2D eigenvalue weighted by molar-refractivity contribution is 9.08. The molecule has 0 aliphatic heterocycles. The van der Waals surface area contributed by atoms with Gasteiger partial charge in [-0.15, -0.1) is 16.3 Å². The molecular weight excluding hydrogens is 200 g/mol. The SMILES string of the molecule is [C-]#[N+]c1nc(CBr)cs1. The first kappa shape index (κ1) is 6.72. The van der Waals surface area contributed by atoms with Gasteiger partial charge in [0.2, 0.25) is 0 Å². The smallest absolute Gasteiger partial charge is 0.329 e. The molecule has 0 amide bonds. The molecule has 4 heteroatoms. The van der Waals surface area contributed by atoms with Gasteiger partial charge in [0.05, 0.1) is 5.33 Å². The van der Waals surface area contributed by atoms with Crippen molar-refractivity contribution in [1.82, 2.24) is 4.98 Å². The first-order valence-corrected chi connectivity index (χ1v) is 4.24. The Hall–Kier alpha value is -0.400. The van der Waals surface area contributed by atoms with E-state index in [0.29, 0.717) is 5.13 Å². The Balaban J connectivity index is 2.90. The Bertz CT molecular complexity index is 237. The van der Waals surface area contributed by atoms with Crippen LogP contribution in [0.2, 0.25) is 0 Å². The molecule has 0 saturated heterocycles. The number of rotatable bonds is 1. The number of hydrogen-bond acceptors (Lipinski definition) is 2. The van der Waals surface area contributed by atoms with E-state index in [4.69, 9.17) is 6.57 Å². The van der Waals surface area contributed by atoms with Gasteiger partial charge in [0.25, 0.3) is 0 Å². The topological polar surface area (TPSA) is 17.2 Å². The number of aromatic nitrogens is 1. The molecule has 0 atom stereocenters. The quantitative estimate of drug-likeness (QED) is 0.506. The van der Waals surface area contributed by atoms with E-state index in [-0.39, 0.29) is 0 Å². The van der Waals surface area contributed by atoms with E-state index in [2.05, 4.69) is 25.8 Å². The third-order valence-electron chi connectivity index (χ3n) is 0.772. The summed E-state index contributed by atoms with van der Waals surface area (Å²) in [4.78, 5) is 7.14. The van der Waals surface area contributed by atoms with Gasteiger partial charge in [0, 0.05) is 5.38 Å². The van der Waals surface area contributed by atoms with E-state index in [1.54, 1.807) is 0 Å². The second kappa shape index (κ2) is 2.95. The minimum absolute atomic E-state index is 0.518. The average molecular weight is 203 g/mol. The van der Waals surface area contributed by atoms with Gasteiger partial charge in [0.15, 0.2) is 5.69 Å². The molecule has 0 fully saturated rings. The lowest BCUT2D eigenvalue weighted by atomic mass is 10.6. The van der Waals surface area contributed by atoms with Crippen LogP contribution in [0.3, 0.4) is 0 Å². The van der Waals surface area contributed by atoms with E-state index >= 15 is 0 Å². The Labute approximate surface area is 65.5 Å². The highest BCUT2D eigenvalue weighted by atomic mass is 79.9. The summed E-state index contributed by atoms with van der Waals surface area (Å²) in [5.41, 5.74) is 0.936. The third kappa shape index (κ3) is 1.50. The molecule has 0 aliphatic rings. The summed E-state index contributed by atoms with van der Waals surface area (Å²) in [6.45, 7) is 6.59. The normalized spacial score (nSPS) is 8.89. The summed E-state index contributed by atoms with van der Waals surface area (Å²) in [5.74, 6) is 0. The van der Waals surface area contributed by atoms with Crippen molar-refractivity contribution >= 4 is 32.4 Å². The van der Waals surface area contributed by atoms with Crippen LogP contribution < -0.4 is 0 Å². The molecule has 0 saturated carbocycles. The number of thiazole rings is 1. The zero-order chi connectivity index (χ0) is 6.69. The molecule has 0 N–H and O–H groups in total. The average Bonchev–Trinajstić information content (AvgIpc) is 2.34. The van der Waals surface area contributed by atoms with Gasteiger partial charge in [-0.05, 0) is 0 Å². The van der Waals surface area contributed by atoms with E-state index in [0.717, 1.165) is 11.0 Å². The van der Waals surface area contributed by atoms with E-state index in [9.17, 15) is 0 Å². The maximum Gasteiger partial charge on any atom is 0.329 e. The minimum atomic E-state index is 0.518. The van der Waals surface area contributed by atoms with Crippen molar-refractivity contribution in [3.05, 3.63) is 22.5 Å². The molecule has 2 nitrogen and oxygen atoms in total. The summed E-state index contributed by atoms with van der Waals surface area (Å²) in [5, 5.41) is 3.13. The standard InChI is InChI=1S/C5H3BrN2S/c1-7-5-8-4(2-6)3-9-5/h3H,2H2. The van der Waals surface area contributed by atoms with Crippen LogP contribution in [0.5, 0.6) is 0 Å². The lowest BCUT2D eigenvalue weighted by Gasteiger charge is -1.72. The van der Waals surface area contributed by atoms with Crippen LogP contribution in [-0.4, -0.2) is 4.98 Å². The molecule has 0 bridgehead atoms. The summed E-state index contributed by atoms with van der Waals surface area (Å²) in [6, 6.07) is 0. The number of halogens is 1. The lowest BCUT2D eigenvalue weighted by molar-refractivity contribution is 1.26. The van der Waals surface area contributed by atoms with Crippen molar-refractivity contribution in [2.45, 2.75) is 5.33 Å². The van der Waals surface area contributed by atoms with Gasteiger partial charge in [0.1, 0.15) is 0 Å². The lowest BCUT2D eigenvalue weighted by Crippen LogP contribution is -1.70. The van der Waals surface area contributed by atoms with E-state index in [1.807, 2.05) is 5.38 Å². The third-order valence-corrected chi connectivity index (χ3v) is 2.13. The molecule has 0 aliphatic carbocycles. The summed E-state index contributed by atoms with van der Waals surface area (Å²) >= 11 is 4.62. The molecule has 1 rings (SSSR count). The van der Waals surface area contributed by atoms with Gasteiger partial charge in [-0.2, -0.15) is 0 Å². The van der Waals surface area contributed by atoms with Crippen molar-refractivity contribution in [1.29, 1.82) is 0 Å². The summed E-state index contributed by atoms with van der Waals surface area (Å²) < 4.78 is 0. The second-order valence-electron chi connectivity index (χ2n) is 1.37. The molecule has 1 heterocycles. The molecular formula is C5H3BrN2S. The first-order chi connectivity index (χ1) is 4.36. The molecule has 1 aromatic rings. The van der Waals surface area contributed by atoms with Crippen molar-refractivity contribution < 1.29 is 0 Å². The predicted molar refractivity (Wildman–Crippen MR) is 41.0 cm³/mol. The van der Waals surface area contributed by atoms with Crippen LogP contribution in [0.15, 0.2) is 5.38 Å². The van der Waals surface area contributed by atoms with Crippen molar-refractivity contribution in [2.75, 3.05) is 0 Å². The molecule has 0 radical (unpaired) electrons. The van der Waals surface area contributed by atoms with E-state index in [1.165, 1.54) is 11.3 Å². The van der Waals surface area contributed by atoms with Crippen LogP contribution in [0.1, 0.15) is 5.69 Å². The van der Waals surface area contributed by atoms with E-state index < -0.39 is 0 Å². The second-order valence-corrected chi connectivity index (χ2v) is 2.76. The van der Waals surface area contributed by atoms with Crippen molar-refractivity contribution in [3.8, 4) is 0 Å². The maximum absolute atomic E-state index is 6.59. The fourth-order valence-corrected chi connectivity index (χ4v) is 1.51. The van der Waals surface area contributed by atoms with Crippen LogP contribution in [0.25, 0.3) is 4.85 Å². The van der Waals surface area contributed by atoms with Gasteiger partial charge in [-0.1, -0.05) is 22.5 Å². The molecule has 9 heavy (non-hydrogen) atoms. The molecule has 0 spiro atoms. The van der Waals surface area contributed by atoms with Crippen LogP contribution in [0.4, 0.5) is 5.13 Å². The van der Waals surface area contributed by atoms with Gasteiger partial charge < -0.3 is 4.85 Å². The van der Waals surface area contributed by atoms with Crippen LogP contribution >= 0.6 is 27.3 Å². The predicted octanol–water partition coefficient (Wildman–Crippen LogP) is 2.59. The molecule has 0 unspecified atom stereocenters. The number of nitrogens with zero attached hydrogens (tertiary/aromatic N) is 2. The fraction of sp³-hybridized carbons (Fsp3) is 0.200. The minimum Gasteiger partial charge on any atom is -0.351 e. The van der Waals surface area contributed by atoms with Crippen LogP contribution in [-0.2, 0) is 5.33 Å². The highest BCUT2D eigenvalue weighted by Crippen LogP contribution is 2.19. The first-order valence-electron chi connectivity index (χ1n) is 2.24. The van der Waals surface area contributed by atoms with Gasteiger partial charge >= 0.3 is 5.13 Å². The fourth-order valence-electron chi connectivity index (χ4n) is 0.409. The summed E-state index contributed by atoms with van der Waals surface area (Å²) in [6.07, 6.45) is 0. The Morgan fingerprint density at radius 3 is 3.00 bits per heavy atom. The number of hydrogen-bond donors (Lipinski definition) is 0. The van der Waals surface area contributed by atoms with Crippen LogP contribution in [0, 0.1) is 6.57 Å². The van der Waals surface area contributed by atoms with Crippen molar-refractivity contribution in [2.24, 2.45) is 0 Å². The molecule has 1 aromatic heterocycles. The number of alkyl halides is 1. The van der Waals surface area contributed by atoms with Gasteiger partial charge in [-0.3, -0.25) is 0 Å². The Kier molecular flexibility index (Phi) is 2.20. The molecule has 46 valence electrons. The van der Waals surface area contributed by atoms with Crippen molar-refractivity contribution in [3.63, 3.8) is 0 Å². The molecule has 0 aromatic carbocycles. The summed E-state index contributed by atoms with van der Waals surface area (Å²) in [7, 11) is 0. The highest BCUT2D eigenvalue weighted by Gasteiger charge is 2.00. The zero-order valence-corrected chi connectivity index (χ0v) is 6.87. The Morgan fingerprint density at radius 1 is 1.89 bits per heavy atom. The Morgan fingerprint density at radius 2 is 2.67 bits per heavy atom. The zero-order valence-electron chi connectivity index (χ0n) is 4.47. The maximum atomic E-state index is 6.59. The van der Waals surface area contributed by atoms with Gasteiger partial charge in [-0.25, -0.2) is 0 Å².